The Bertz CT molecular complexity index is 4420. The zero-order valence-electron chi connectivity index (χ0n) is 48.7. The molecule has 0 saturated heterocycles. The van der Waals surface area contributed by atoms with Gasteiger partial charge >= 0.3 is 0 Å². The van der Waals surface area contributed by atoms with Crippen molar-refractivity contribution in [1.82, 2.24) is 15.0 Å². The molecule has 0 atom stereocenters. The van der Waals surface area contributed by atoms with Crippen LogP contribution in [0.4, 0.5) is 8.78 Å². The average molecular weight is 1110 g/mol. The molecule has 3 nitrogen and oxygen atoms in total. The second-order valence-electron chi connectivity index (χ2n) is 23.2. The van der Waals surface area contributed by atoms with Crippen LogP contribution in [0.25, 0.3) is 134 Å². The number of nitrogens with zero attached hydrogens (tertiary/aromatic N) is 3. The molecular formula is C81H61F2N3. The molecule has 3 heterocycles. The monoisotopic (exact) mass is 1110 g/mol. The molecule has 13 aromatic rings. The Balaban J connectivity index is 0.929. The lowest BCUT2D eigenvalue weighted by Gasteiger charge is -2.20. The molecule has 0 radical (unpaired) electrons. The van der Waals surface area contributed by atoms with Gasteiger partial charge in [0.25, 0.3) is 0 Å². The van der Waals surface area contributed by atoms with Crippen LogP contribution in [-0.4, -0.2) is 15.0 Å². The van der Waals surface area contributed by atoms with E-state index in [9.17, 15) is 8.78 Å². The lowest BCUT2D eigenvalue weighted by atomic mass is 9.84. The quantitative estimate of drug-likeness (QED) is 0.122. The van der Waals surface area contributed by atoms with E-state index in [1.807, 2.05) is 18.6 Å². The molecule has 0 aliphatic heterocycles. The zero-order valence-corrected chi connectivity index (χ0v) is 48.7. The minimum atomic E-state index is -0.260. The predicted octanol–water partition coefficient (Wildman–Crippen LogP) is 22.1. The summed E-state index contributed by atoms with van der Waals surface area (Å²) in [5.41, 5.74) is 28.4. The maximum atomic E-state index is 13.8. The first-order chi connectivity index (χ1) is 41.9. The molecule has 0 amide bonds. The van der Waals surface area contributed by atoms with Gasteiger partial charge in [0.2, 0.25) is 0 Å². The van der Waals surface area contributed by atoms with Crippen LogP contribution in [0.15, 0.2) is 279 Å². The lowest BCUT2D eigenvalue weighted by molar-refractivity contribution is 0.589. The Morgan fingerprint density at radius 3 is 1.03 bits per heavy atom. The maximum absolute atomic E-state index is 13.8. The van der Waals surface area contributed by atoms with Crippen LogP contribution in [0.1, 0.15) is 37.5 Å². The van der Waals surface area contributed by atoms with Crippen LogP contribution in [0.3, 0.4) is 0 Å². The molecule has 0 saturated carbocycles. The van der Waals surface area contributed by atoms with Gasteiger partial charge in [-0.1, -0.05) is 209 Å². The number of benzene rings is 10. The maximum Gasteiger partial charge on any atom is 0.123 e. The number of hydrogen-bond donors (Lipinski definition) is 0. The highest BCUT2D eigenvalue weighted by Gasteiger charge is 2.21. The zero-order chi connectivity index (χ0) is 58.9. The fourth-order valence-electron chi connectivity index (χ4n) is 11.8. The fourth-order valence-corrected chi connectivity index (χ4v) is 11.8. The molecule has 0 fully saturated rings. The average Bonchev–Trinajstić information content (AvgIpc) is 1.38. The number of aryl methyl sites for hydroxylation is 2. The Kier molecular flexibility index (Phi) is 14.8. The summed E-state index contributed by atoms with van der Waals surface area (Å²) in [4.78, 5) is 14.7. The van der Waals surface area contributed by atoms with Crippen molar-refractivity contribution in [2.24, 2.45) is 0 Å². The lowest BCUT2D eigenvalue weighted by Crippen LogP contribution is -2.11. The van der Waals surface area contributed by atoms with E-state index in [2.05, 4.69) is 247 Å². The molecule has 86 heavy (non-hydrogen) atoms. The topological polar surface area (TPSA) is 38.7 Å². The number of halogens is 2. The molecule has 3 aromatic heterocycles. The third-order valence-corrected chi connectivity index (χ3v) is 16.5. The van der Waals surface area contributed by atoms with E-state index in [4.69, 9.17) is 15.0 Å². The molecule has 0 bridgehead atoms. The normalized spacial score (nSPS) is 11.4. The van der Waals surface area contributed by atoms with Gasteiger partial charge in [-0.2, -0.15) is 0 Å². The van der Waals surface area contributed by atoms with Gasteiger partial charge in [0.15, 0.2) is 0 Å². The van der Waals surface area contributed by atoms with Gasteiger partial charge in [0, 0.05) is 46.4 Å². The van der Waals surface area contributed by atoms with Gasteiger partial charge in [-0.25, -0.2) is 8.78 Å². The van der Waals surface area contributed by atoms with Crippen LogP contribution in [0, 0.1) is 25.5 Å². The summed E-state index contributed by atoms with van der Waals surface area (Å²) in [6.07, 6.45) is 5.70. The number of hydrogen-bond acceptors (Lipinski definition) is 3. The van der Waals surface area contributed by atoms with Crippen molar-refractivity contribution in [3.8, 4) is 134 Å². The third-order valence-electron chi connectivity index (χ3n) is 16.5. The number of rotatable bonds is 12. The van der Waals surface area contributed by atoms with Crippen molar-refractivity contribution in [3.05, 3.63) is 308 Å². The van der Waals surface area contributed by atoms with E-state index < -0.39 is 0 Å². The van der Waals surface area contributed by atoms with E-state index in [1.165, 1.54) is 29.8 Å². The Morgan fingerprint density at radius 1 is 0.256 bits per heavy atom. The van der Waals surface area contributed by atoms with Gasteiger partial charge in [-0.15, -0.1) is 0 Å². The van der Waals surface area contributed by atoms with Crippen LogP contribution in [0.2, 0.25) is 0 Å². The van der Waals surface area contributed by atoms with Crippen molar-refractivity contribution in [2.75, 3.05) is 0 Å². The first-order valence-electron chi connectivity index (χ1n) is 29.2. The summed E-state index contributed by atoms with van der Waals surface area (Å²) in [6, 6.07) is 89.8. The van der Waals surface area contributed by atoms with Gasteiger partial charge in [0.1, 0.15) is 11.6 Å². The standard InChI is InChI=1S/C81H61F2N3/c1-52-43-78(85-50-76(52)57-31-36-66(82)37-32-57)59-27-23-55(24-28-59)68-17-9-11-19-70(68)62-45-63(71-20-12-10-18-69(71)56-25-29-60(30-26-56)79-44-53(2)77(51-86-79)58-33-38-67(83)39-34-58)47-64(46-62)72-21-13-14-22-73(72)74-40-35-61(48-75(74)54-15-7-6-8-16-54)80-49-65(41-42-84-80)81(3,4)5/h6-51H,1-5H3. The molecule has 13 rings (SSSR count). The van der Waals surface area contributed by atoms with Crippen molar-refractivity contribution in [2.45, 2.75) is 40.0 Å². The summed E-state index contributed by atoms with van der Waals surface area (Å²) in [5, 5.41) is 0. The molecule has 414 valence electrons. The van der Waals surface area contributed by atoms with E-state index in [1.54, 1.807) is 24.3 Å². The minimum absolute atomic E-state index is 0.0266. The highest BCUT2D eigenvalue weighted by Crippen LogP contribution is 2.45. The Hall–Kier alpha value is -10.5. The molecule has 0 aliphatic carbocycles. The summed E-state index contributed by atoms with van der Waals surface area (Å²) >= 11 is 0. The molecule has 0 unspecified atom stereocenters. The smallest absolute Gasteiger partial charge is 0.123 e. The van der Waals surface area contributed by atoms with E-state index >= 15 is 0 Å². The number of aromatic nitrogens is 3. The van der Waals surface area contributed by atoms with E-state index in [0.717, 1.165) is 145 Å². The Labute approximate surface area is 502 Å². The van der Waals surface area contributed by atoms with Gasteiger partial charge in [-0.05, 0) is 198 Å². The predicted molar refractivity (Wildman–Crippen MR) is 353 cm³/mol. The first-order valence-corrected chi connectivity index (χ1v) is 29.2. The van der Waals surface area contributed by atoms with Crippen LogP contribution < -0.4 is 0 Å². The fraction of sp³-hybridized carbons (Fsp3) is 0.0741. The van der Waals surface area contributed by atoms with Crippen LogP contribution >= 0.6 is 0 Å². The minimum Gasteiger partial charge on any atom is -0.256 e. The van der Waals surface area contributed by atoms with Crippen molar-refractivity contribution in [3.63, 3.8) is 0 Å². The SMILES string of the molecule is Cc1cc(-c2ccc(-c3ccccc3-c3cc(-c4ccccc4-c4ccc(-c5cc(C)c(-c6ccc(F)cc6)cn5)cc4)cc(-c4ccccc4-c4ccc(-c5cc(C(C)(C)C)ccn5)cc4-c4ccccc4)c3)cc2)ncc1-c1ccc(F)cc1. The second-order valence-corrected chi connectivity index (χ2v) is 23.2. The molecular weight excluding hydrogens is 1050 g/mol. The Morgan fingerprint density at radius 2 is 0.593 bits per heavy atom. The molecule has 0 spiro atoms. The molecule has 10 aromatic carbocycles. The first kappa shape index (κ1) is 54.7. The highest BCUT2D eigenvalue weighted by molar-refractivity contribution is 5.97. The van der Waals surface area contributed by atoms with Gasteiger partial charge in [-0.3, -0.25) is 15.0 Å². The molecule has 0 N–H and O–H groups in total. The highest BCUT2D eigenvalue weighted by atomic mass is 19.1. The van der Waals surface area contributed by atoms with Gasteiger partial charge < -0.3 is 0 Å². The largest absolute Gasteiger partial charge is 0.256 e. The van der Waals surface area contributed by atoms with Crippen molar-refractivity contribution < 1.29 is 8.78 Å². The second kappa shape index (κ2) is 23.3. The third kappa shape index (κ3) is 11.2. The summed E-state index contributed by atoms with van der Waals surface area (Å²) in [5.74, 6) is -0.519. The molecule has 0 aliphatic rings. The molecule has 5 heteroatoms. The van der Waals surface area contributed by atoms with Crippen LogP contribution in [0.5, 0.6) is 0 Å². The van der Waals surface area contributed by atoms with Crippen molar-refractivity contribution >= 4 is 0 Å². The van der Waals surface area contributed by atoms with Crippen LogP contribution in [-0.2, 0) is 5.41 Å². The number of pyridine rings is 3. The van der Waals surface area contributed by atoms with E-state index in [0.29, 0.717) is 0 Å². The summed E-state index contributed by atoms with van der Waals surface area (Å²) in [7, 11) is 0. The van der Waals surface area contributed by atoms with Gasteiger partial charge in [0.05, 0.1) is 17.1 Å². The summed E-state index contributed by atoms with van der Waals surface area (Å²) in [6.45, 7) is 10.9. The summed E-state index contributed by atoms with van der Waals surface area (Å²) < 4.78 is 27.6. The van der Waals surface area contributed by atoms with Crippen molar-refractivity contribution in [1.29, 1.82) is 0 Å². The van der Waals surface area contributed by atoms with E-state index in [-0.39, 0.29) is 17.0 Å².